The van der Waals surface area contributed by atoms with Gasteiger partial charge in [0.25, 0.3) is 0 Å². The lowest BCUT2D eigenvalue weighted by Crippen LogP contribution is -2.44. The molecule has 0 amide bonds. The average Bonchev–Trinajstić information content (AvgIpc) is 2.42. The van der Waals surface area contributed by atoms with E-state index in [2.05, 4.69) is 9.89 Å². The maximum Gasteiger partial charge on any atom is 0.114 e. The highest BCUT2D eigenvalue weighted by molar-refractivity contribution is 6.31. The molecule has 1 heterocycles. The Morgan fingerprint density at radius 2 is 2.05 bits per heavy atom. The highest BCUT2D eigenvalue weighted by Gasteiger charge is 2.21. The predicted molar refractivity (Wildman–Crippen MR) is 84.6 cm³/mol. The van der Waals surface area contributed by atoms with Crippen molar-refractivity contribution in [1.29, 1.82) is 0 Å². The number of nitrogens with zero attached hydrogens (tertiary/aromatic N) is 2. The fourth-order valence-electron chi connectivity index (χ4n) is 2.31. The molecule has 1 atom stereocenters. The molecule has 0 spiro atoms. The van der Waals surface area contributed by atoms with Crippen LogP contribution in [-0.4, -0.2) is 12.4 Å². The largest absolute Gasteiger partial charge is 0.399 e. The Hall–Kier alpha value is -2.04. The minimum Gasteiger partial charge on any atom is -0.399 e. The Kier molecular flexibility index (Phi) is 3.34. The Labute approximate surface area is 122 Å². The van der Waals surface area contributed by atoms with E-state index in [1.807, 2.05) is 42.5 Å². The SMILES string of the molecule is Nc1cccc(CN2c3cc(Cl)ccc3N=CC2N)c1. The lowest BCUT2D eigenvalue weighted by atomic mass is 10.1. The fourth-order valence-corrected chi connectivity index (χ4v) is 2.48. The van der Waals surface area contributed by atoms with E-state index in [0.717, 1.165) is 22.6 Å². The molecule has 20 heavy (non-hydrogen) atoms. The van der Waals surface area contributed by atoms with Gasteiger partial charge in [-0.15, -0.1) is 0 Å². The van der Waals surface area contributed by atoms with Gasteiger partial charge in [0, 0.05) is 23.5 Å². The molecule has 4 N–H and O–H groups in total. The van der Waals surface area contributed by atoms with Gasteiger partial charge in [0.15, 0.2) is 0 Å². The van der Waals surface area contributed by atoms with Gasteiger partial charge in [-0.3, -0.25) is 4.99 Å². The first-order valence-corrected chi connectivity index (χ1v) is 6.72. The Balaban J connectivity index is 1.97. The Bertz CT molecular complexity index is 669. The number of benzene rings is 2. The van der Waals surface area contributed by atoms with Crippen LogP contribution in [0.3, 0.4) is 0 Å². The third-order valence-electron chi connectivity index (χ3n) is 3.28. The first-order valence-electron chi connectivity index (χ1n) is 6.34. The lowest BCUT2D eigenvalue weighted by Gasteiger charge is -2.32. The van der Waals surface area contributed by atoms with Crippen LogP contribution < -0.4 is 16.4 Å². The summed E-state index contributed by atoms with van der Waals surface area (Å²) in [5.41, 5.74) is 15.6. The summed E-state index contributed by atoms with van der Waals surface area (Å²) in [4.78, 5) is 6.41. The van der Waals surface area contributed by atoms with E-state index in [4.69, 9.17) is 23.1 Å². The third kappa shape index (κ3) is 2.48. The van der Waals surface area contributed by atoms with Gasteiger partial charge in [0.1, 0.15) is 6.17 Å². The monoisotopic (exact) mass is 286 g/mol. The van der Waals surface area contributed by atoms with Crippen LogP contribution in [-0.2, 0) is 6.54 Å². The van der Waals surface area contributed by atoms with Crippen molar-refractivity contribution in [2.75, 3.05) is 10.6 Å². The Morgan fingerprint density at radius 3 is 2.85 bits per heavy atom. The molecule has 2 aromatic rings. The smallest absolute Gasteiger partial charge is 0.114 e. The number of hydrogen-bond donors (Lipinski definition) is 2. The quantitative estimate of drug-likeness (QED) is 0.834. The van der Waals surface area contributed by atoms with Crippen molar-refractivity contribution in [3.8, 4) is 0 Å². The number of halogens is 1. The molecule has 0 aliphatic carbocycles. The number of nitrogens with two attached hydrogens (primary N) is 2. The molecule has 0 bridgehead atoms. The van der Waals surface area contributed by atoms with E-state index >= 15 is 0 Å². The van der Waals surface area contributed by atoms with Crippen molar-refractivity contribution in [2.45, 2.75) is 12.7 Å². The summed E-state index contributed by atoms with van der Waals surface area (Å²) >= 11 is 6.08. The number of hydrogen-bond acceptors (Lipinski definition) is 4. The average molecular weight is 287 g/mol. The maximum atomic E-state index is 6.13. The molecule has 5 heteroatoms. The summed E-state index contributed by atoms with van der Waals surface area (Å²) in [5, 5.41) is 0.672. The van der Waals surface area contributed by atoms with Gasteiger partial charge in [0.05, 0.1) is 11.4 Å². The van der Waals surface area contributed by atoms with Crippen molar-refractivity contribution < 1.29 is 0 Å². The summed E-state index contributed by atoms with van der Waals surface area (Å²) in [6, 6.07) is 13.4. The van der Waals surface area contributed by atoms with Crippen molar-refractivity contribution in [3.63, 3.8) is 0 Å². The molecule has 2 aromatic carbocycles. The van der Waals surface area contributed by atoms with Crippen molar-refractivity contribution in [3.05, 3.63) is 53.1 Å². The van der Waals surface area contributed by atoms with E-state index in [0.29, 0.717) is 11.6 Å². The van der Waals surface area contributed by atoms with Gasteiger partial charge in [-0.1, -0.05) is 23.7 Å². The zero-order valence-electron chi connectivity index (χ0n) is 10.8. The van der Waals surface area contributed by atoms with E-state index < -0.39 is 0 Å². The molecule has 0 aromatic heterocycles. The molecule has 102 valence electrons. The van der Waals surface area contributed by atoms with Crippen molar-refractivity contribution in [1.82, 2.24) is 0 Å². The van der Waals surface area contributed by atoms with E-state index in [9.17, 15) is 0 Å². The molecule has 1 aliphatic rings. The summed E-state index contributed by atoms with van der Waals surface area (Å²) in [7, 11) is 0. The number of rotatable bonds is 2. The maximum absolute atomic E-state index is 6.13. The van der Waals surface area contributed by atoms with Gasteiger partial charge in [0.2, 0.25) is 0 Å². The lowest BCUT2D eigenvalue weighted by molar-refractivity contribution is 0.738. The zero-order chi connectivity index (χ0) is 14.1. The molecular formula is C15H15ClN4. The second-order valence-electron chi connectivity index (χ2n) is 4.77. The molecule has 0 fully saturated rings. The molecule has 1 aliphatic heterocycles. The van der Waals surface area contributed by atoms with Crippen LogP contribution in [0, 0.1) is 0 Å². The van der Waals surface area contributed by atoms with E-state index in [-0.39, 0.29) is 6.17 Å². The molecule has 3 rings (SSSR count). The van der Waals surface area contributed by atoms with Crippen LogP contribution in [0.25, 0.3) is 0 Å². The first-order chi connectivity index (χ1) is 9.63. The Morgan fingerprint density at radius 1 is 1.20 bits per heavy atom. The van der Waals surface area contributed by atoms with Gasteiger partial charge in [-0.25, -0.2) is 0 Å². The highest BCUT2D eigenvalue weighted by Crippen LogP contribution is 2.35. The highest BCUT2D eigenvalue weighted by atomic mass is 35.5. The molecular weight excluding hydrogens is 272 g/mol. The zero-order valence-corrected chi connectivity index (χ0v) is 11.6. The van der Waals surface area contributed by atoms with Gasteiger partial charge in [-0.05, 0) is 35.9 Å². The topological polar surface area (TPSA) is 67.6 Å². The van der Waals surface area contributed by atoms with Crippen LogP contribution >= 0.6 is 11.6 Å². The van der Waals surface area contributed by atoms with Crippen molar-refractivity contribution in [2.24, 2.45) is 10.7 Å². The summed E-state index contributed by atoms with van der Waals surface area (Å²) in [6.45, 7) is 0.658. The number of anilines is 2. The van der Waals surface area contributed by atoms with E-state index in [1.165, 1.54) is 0 Å². The van der Waals surface area contributed by atoms with Crippen molar-refractivity contribution >= 4 is 34.9 Å². The standard InChI is InChI=1S/C15H15ClN4/c16-11-4-5-13-14(7-11)20(15(18)8-19-13)9-10-2-1-3-12(17)6-10/h1-8,15H,9,17-18H2. The van der Waals surface area contributed by atoms with Crippen LogP contribution in [0.15, 0.2) is 47.5 Å². The number of nitrogen functional groups attached to an aromatic ring is 1. The summed E-state index contributed by atoms with van der Waals surface area (Å²) < 4.78 is 0. The molecule has 1 unspecified atom stereocenters. The minimum absolute atomic E-state index is 0.276. The summed E-state index contributed by atoms with van der Waals surface area (Å²) in [6.07, 6.45) is 1.46. The molecule has 4 nitrogen and oxygen atoms in total. The second-order valence-corrected chi connectivity index (χ2v) is 5.21. The van der Waals surface area contributed by atoms with Gasteiger partial charge < -0.3 is 16.4 Å². The molecule has 0 radical (unpaired) electrons. The number of fused-ring (bicyclic) bond motifs is 1. The first kappa shape index (κ1) is 13.0. The van der Waals surface area contributed by atoms with Crippen LogP contribution in [0.1, 0.15) is 5.56 Å². The van der Waals surface area contributed by atoms with E-state index in [1.54, 1.807) is 6.21 Å². The predicted octanol–water partition coefficient (Wildman–Crippen LogP) is 2.93. The molecule has 0 saturated heterocycles. The second kappa shape index (κ2) is 5.15. The normalized spacial score (nSPS) is 17.1. The minimum atomic E-state index is -0.276. The van der Waals surface area contributed by atoms with Gasteiger partial charge >= 0.3 is 0 Å². The fraction of sp³-hybridized carbons (Fsp3) is 0.133. The van der Waals surface area contributed by atoms with Crippen LogP contribution in [0.5, 0.6) is 0 Å². The number of aliphatic imine (C=N–C) groups is 1. The van der Waals surface area contributed by atoms with Gasteiger partial charge in [-0.2, -0.15) is 0 Å². The van der Waals surface area contributed by atoms with Crippen LogP contribution in [0.2, 0.25) is 5.02 Å². The molecule has 0 saturated carbocycles. The third-order valence-corrected chi connectivity index (χ3v) is 3.51. The summed E-state index contributed by atoms with van der Waals surface area (Å²) in [5.74, 6) is 0. The van der Waals surface area contributed by atoms with Crippen LogP contribution in [0.4, 0.5) is 17.1 Å².